The number of nitrogens with zero attached hydrogens (tertiary/aromatic N) is 5. The summed E-state index contributed by atoms with van der Waals surface area (Å²) in [7, 11) is 4.99. The van der Waals surface area contributed by atoms with Crippen LogP contribution in [0.25, 0.3) is 22.3 Å². The van der Waals surface area contributed by atoms with Crippen LogP contribution in [0.4, 0.5) is 11.8 Å². The number of rotatable bonds is 10. The van der Waals surface area contributed by atoms with Crippen molar-refractivity contribution in [2.45, 2.75) is 39.1 Å². The van der Waals surface area contributed by atoms with Crippen LogP contribution in [-0.2, 0) is 22.6 Å². The van der Waals surface area contributed by atoms with E-state index in [1.54, 1.807) is 21.3 Å². The molecule has 0 aliphatic carbocycles. The van der Waals surface area contributed by atoms with Gasteiger partial charge in [0.2, 0.25) is 5.95 Å². The van der Waals surface area contributed by atoms with Crippen molar-refractivity contribution in [1.82, 2.24) is 20.3 Å². The molecule has 11 heteroatoms. The number of fused-ring (bicyclic) bond motifs is 1. The first kappa shape index (κ1) is 30.8. The van der Waals surface area contributed by atoms with E-state index in [0.29, 0.717) is 43.6 Å². The van der Waals surface area contributed by atoms with E-state index in [0.717, 1.165) is 71.3 Å². The van der Waals surface area contributed by atoms with E-state index in [2.05, 4.69) is 41.1 Å². The summed E-state index contributed by atoms with van der Waals surface area (Å²) in [6.45, 7) is 9.73. The highest BCUT2D eigenvalue weighted by Gasteiger charge is 2.27. The first-order valence-corrected chi connectivity index (χ1v) is 15.5. The summed E-state index contributed by atoms with van der Waals surface area (Å²) < 4.78 is 28.4. The minimum atomic E-state index is 0.0931. The number of hydrogen-bond acceptors (Lipinski definition) is 11. The number of morpholine rings is 2. The van der Waals surface area contributed by atoms with Gasteiger partial charge in [0.05, 0.1) is 57.8 Å². The third-order valence-electron chi connectivity index (χ3n) is 8.23. The molecule has 6 rings (SSSR count). The number of methoxy groups -OCH3 is 3. The molecule has 2 fully saturated rings. The molecule has 0 radical (unpaired) electrons. The van der Waals surface area contributed by atoms with Crippen molar-refractivity contribution in [3.05, 3.63) is 59.7 Å². The molecule has 1 N–H and O–H groups in total. The lowest BCUT2D eigenvalue weighted by atomic mass is 10.1. The summed E-state index contributed by atoms with van der Waals surface area (Å²) in [4.78, 5) is 19.7. The summed E-state index contributed by atoms with van der Waals surface area (Å²) in [6.07, 6.45) is 0.186. The Morgan fingerprint density at radius 1 is 0.800 bits per heavy atom. The smallest absolute Gasteiger partial charge is 0.229 e. The van der Waals surface area contributed by atoms with E-state index in [1.165, 1.54) is 0 Å². The van der Waals surface area contributed by atoms with Crippen LogP contribution in [0, 0.1) is 0 Å². The van der Waals surface area contributed by atoms with Crippen molar-refractivity contribution in [3.8, 4) is 28.5 Å². The Balaban J connectivity index is 1.31. The van der Waals surface area contributed by atoms with Crippen molar-refractivity contribution in [3.63, 3.8) is 0 Å². The van der Waals surface area contributed by atoms with Gasteiger partial charge in [0.25, 0.3) is 0 Å². The predicted octanol–water partition coefficient (Wildman–Crippen LogP) is 4.46. The molecule has 2 saturated heterocycles. The molecule has 238 valence electrons. The number of nitrogens with one attached hydrogen (secondary N) is 1. The predicted molar refractivity (Wildman–Crippen MR) is 175 cm³/mol. The summed E-state index contributed by atoms with van der Waals surface area (Å²) in [5.74, 6) is 3.83. The Morgan fingerprint density at radius 2 is 1.56 bits per heavy atom. The molecular formula is C34H42N6O5. The summed E-state index contributed by atoms with van der Waals surface area (Å²) in [5.41, 5.74) is 4.52. The molecule has 2 aliphatic rings. The van der Waals surface area contributed by atoms with Gasteiger partial charge < -0.3 is 38.8 Å². The van der Waals surface area contributed by atoms with E-state index in [4.69, 9.17) is 38.6 Å². The second-order valence-corrected chi connectivity index (χ2v) is 11.5. The van der Waals surface area contributed by atoms with Crippen molar-refractivity contribution in [2.75, 3.05) is 70.5 Å². The van der Waals surface area contributed by atoms with Crippen LogP contribution >= 0.6 is 0 Å². The van der Waals surface area contributed by atoms with Crippen LogP contribution < -0.4 is 29.3 Å². The number of anilines is 2. The fraction of sp³-hybridized carbons (Fsp3) is 0.441. The van der Waals surface area contributed by atoms with E-state index in [-0.39, 0.29) is 12.2 Å². The lowest BCUT2D eigenvalue weighted by Gasteiger charge is -2.36. The Hall–Kier alpha value is -4.19. The number of ether oxygens (including phenoxy) is 5. The standard InChI is InChI=1S/C34H42N6O5/c1-22-20-40(21-23(2)45-22)34-37-32-27(33(38-34)39-13-15-44-16-14-39)10-11-28(36-32)24-9-12-29(41-3)26(17-24)19-35-18-25-7-6-8-30(42-4)31(25)43-5/h6-12,17,22-23,35H,13-16,18-21H2,1-5H3. The zero-order valence-corrected chi connectivity index (χ0v) is 26.7. The van der Waals surface area contributed by atoms with Crippen molar-refractivity contribution >= 4 is 22.8 Å². The van der Waals surface area contributed by atoms with Crippen molar-refractivity contribution in [2.24, 2.45) is 0 Å². The number of para-hydroxylation sites is 1. The SMILES string of the molecule is COc1ccc(-c2ccc3c(N4CCOCC4)nc(N4CC(C)OC(C)C4)nc3n2)cc1CNCc1cccc(OC)c1OC. The quantitative estimate of drug-likeness (QED) is 0.274. The number of aromatic nitrogens is 3. The average molecular weight is 615 g/mol. The zero-order valence-electron chi connectivity index (χ0n) is 26.7. The molecular weight excluding hydrogens is 572 g/mol. The van der Waals surface area contributed by atoms with Crippen LogP contribution in [0.3, 0.4) is 0 Å². The molecule has 0 saturated carbocycles. The number of pyridine rings is 1. The molecule has 0 spiro atoms. The zero-order chi connectivity index (χ0) is 31.3. The molecule has 45 heavy (non-hydrogen) atoms. The van der Waals surface area contributed by atoms with Gasteiger partial charge >= 0.3 is 0 Å². The minimum Gasteiger partial charge on any atom is -0.496 e. The Labute approximate surface area is 264 Å². The van der Waals surface area contributed by atoms with Crippen LogP contribution in [0.1, 0.15) is 25.0 Å². The van der Waals surface area contributed by atoms with E-state index >= 15 is 0 Å². The van der Waals surface area contributed by atoms with Crippen molar-refractivity contribution < 1.29 is 23.7 Å². The van der Waals surface area contributed by atoms with E-state index < -0.39 is 0 Å². The van der Waals surface area contributed by atoms with Gasteiger partial charge in [-0.3, -0.25) is 0 Å². The molecule has 2 aliphatic heterocycles. The second kappa shape index (κ2) is 13.8. The van der Waals surface area contributed by atoms with Gasteiger partial charge in [-0.05, 0) is 50.2 Å². The van der Waals surface area contributed by atoms with Gasteiger partial charge in [-0.25, -0.2) is 4.98 Å². The maximum absolute atomic E-state index is 5.99. The third kappa shape index (κ3) is 6.75. The topological polar surface area (TPSA) is 103 Å². The normalized spacial score (nSPS) is 18.7. The lowest BCUT2D eigenvalue weighted by Crippen LogP contribution is -2.46. The molecule has 4 heterocycles. The van der Waals surface area contributed by atoms with E-state index in [1.807, 2.05) is 36.4 Å². The fourth-order valence-corrected chi connectivity index (χ4v) is 6.14. The third-order valence-corrected chi connectivity index (χ3v) is 8.23. The Bertz CT molecular complexity index is 1620. The number of benzene rings is 2. The highest BCUT2D eigenvalue weighted by atomic mass is 16.5. The van der Waals surface area contributed by atoms with Crippen molar-refractivity contribution in [1.29, 1.82) is 0 Å². The average Bonchev–Trinajstić information content (AvgIpc) is 3.07. The van der Waals surface area contributed by atoms with E-state index in [9.17, 15) is 0 Å². The Kier molecular flexibility index (Phi) is 9.48. The molecule has 2 aromatic carbocycles. The van der Waals surface area contributed by atoms with Gasteiger partial charge in [0, 0.05) is 56.0 Å². The maximum Gasteiger partial charge on any atom is 0.229 e. The van der Waals surface area contributed by atoms with Crippen LogP contribution in [0.15, 0.2) is 48.5 Å². The van der Waals surface area contributed by atoms with Gasteiger partial charge in [0.1, 0.15) is 11.6 Å². The number of hydrogen-bond donors (Lipinski definition) is 1. The minimum absolute atomic E-state index is 0.0931. The van der Waals surface area contributed by atoms with Gasteiger partial charge in [-0.1, -0.05) is 12.1 Å². The molecule has 2 atom stereocenters. The monoisotopic (exact) mass is 614 g/mol. The van der Waals surface area contributed by atoms with Gasteiger partial charge in [-0.15, -0.1) is 0 Å². The summed E-state index contributed by atoms with van der Waals surface area (Å²) in [6, 6.07) is 16.2. The molecule has 0 amide bonds. The lowest BCUT2D eigenvalue weighted by molar-refractivity contribution is -0.00570. The molecule has 2 unspecified atom stereocenters. The second-order valence-electron chi connectivity index (χ2n) is 11.5. The highest BCUT2D eigenvalue weighted by Crippen LogP contribution is 2.33. The Morgan fingerprint density at radius 3 is 2.29 bits per heavy atom. The van der Waals surface area contributed by atoms with Gasteiger partial charge in [-0.2, -0.15) is 9.97 Å². The maximum atomic E-state index is 5.99. The highest BCUT2D eigenvalue weighted by molar-refractivity contribution is 5.90. The molecule has 2 aromatic heterocycles. The summed E-state index contributed by atoms with van der Waals surface area (Å²) in [5, 5.41) is 4.47. The van der Waals surface area contributed by atoms with Gasteiger partial charge in [0.15, 0.2) is 17.1 Å². The molecule has 0 bridgehead atoms. The molecule has 11 nitrogen and oxygen atoms in total. The van der Waals surface area contributed by atoms with Crippen LogP contribution in [0.2, 0.25) is 0 Å². The fourth-order valence-electron chi connectivity index (χ4n) is 6.14. The first-order valence-electron chi connectivity index (χ1n) is 15.5. The summed E-state index contributed by atoms with van der Waals surface area (Å²) >= 11 is 0. The largest absolute Gasteiger partial charge is 0.496 e. The van der Waals surface area contributed by atoms with Crippen LogP contribution in [-0.4, -0.2) is 87.9 Å². The first-order chi connectivity index (χ1) is 22.0. The molecule has 4 aromatic rings. The van der Waals surface area contributed by atoms with Crippen LogP contribution in [0.5, 0.6) is 17.2 Å².